The number of aromatic nitrogens is 2. The molecule has 234 valence electrons. The molecule has 3 heterocycles. The third-order valence-corrected chi connectivity index (χ3v) is 9.74. The van der Waals surface area contributed by atoms with Gasteiger partial charge in [-0.3, -0.25) is 9.59 Å². The minimum absolute atomic E-state index is 0.0884. The number of rotatable bonds is 13. The van der Waals surface area contributed by atoms with E-state index in [1.54, 1.807) is 11.3 Å². The van der Waals surface area contributed by atoms with Gasteiger partial charge in [0.15, 0.2) is 0 Å². The molecule has 0 bridgehead atoms. The van der Waals surface area contributed by atoms with Crippen LogP contribution in [0.15, 0.2) is 66.0 Å². The molecule has 1 atom stereocenters. The van der Waals surface area contributed by atoms with Crippen LogP contribution in [0.1, 0.15) is 93.3 Å². The Bertz CT molecular complexity index is 1500. The van der Waals surface area contributed by atoms with E-state index in [9.17, 15) is 9.59 Å². The van der Waals surface area contributed by atoms with Crippen molar-refractivity contribution in [1.82, 2.24) is 20.2 Å². The van der Waals surface area contributed by atoms with E-state index in [2.05, 4.69) is 89.6 Å². The number of nitrogens with zero attached hydrogens (tertiary/aromatic N) is 3. The quantitative estimate of drug-likeness (QED) is 0.165. The van der Waals surface area contributed by atoms with Crippen LogP contribution in [0.3, 0.4) is 0 Å². The minimum Gasteiger partial charge on any atom is -0.371 e. The maximum absolute atomic E-state index is 13.6. The van der Waals surface area contributed by atoms with Crippen LogP contribution in [0.5, 0.6) is 0 Å². The second-order valence-electron chi connectivity index (χ2n) is 12.4. The third kappa shape index (κ3) is 7.70. The molecule has 1 unspecified atom stereocenters. The van der Waals surface area contributed by atoms with Crippen molar-refractivity contribution in [2.45, 2.75) is 90.8 Å². The molecular formula is C36H47N5O2S. The number of anilines is 1. The molecule has 0 saturated carbocycles. The number of amides is 2. The Hall–Kier alpha value is -3.65. The summed E-state index contributed by atoms with van der Waals surface area (Å²) >= 11 is 1.74. The number of para-hydroxylation sites is 1. The molecule has 1 aliphatic rings. The number of piperidine rings is 1. The number of hydrogen-bond acceptors (Lipinski definition) is 5. The first kappa shape index (κ1) is 31.8. The maximum Gasteiger partial charge on any atom is 0.252 e. The highest BCUT2D eigenvalue weighted by atomic mass is 32.1. The van der Waals surface area contributed by atoms with E-state index < -0.39 is 6.04 Å². The predicted octanol–water partition coefficient (Wildman–Crippen LogP) is 7.37. The topological polar surface area (TPSA) is 79.3 Å². The lowest BCUT2D eigenvalue weighted by Gasteiger charge is -2.34. The Labute approximate surface area is 266 Å². The van der Waals surface area contributed by atoms with Crippen molar-refractivity contribution in [3.8, 4) is 0 Å². The zero-order valence-corrected chi connectivity index (χ0v) is 27.4. The molecular weight excluding hydrogens is 566 g/mol. The molecule has 8 heteroatoms. The molecule has 2 aromatic carbocycles. The van der Waals surface area contributed by atoms with Gasteiger partial charge in [0.1, 0.15) is 11.9 Å². The number of benzene rings is 2. The Morgan fingerprint density at radius 2 is 1.73 bits per heavy atom. The molecule has 2 N–H and O–H groups in total. The molecule has 5 rings (SSSR count). The number of carbonyl (C=O) groups is 2. The fourth-order valence-corrected chi connectivity index (χ4v) is 6.98. The van der Waals surface area contributed by atoms with Crippen LogP contribution in [-0.4, -0.2) is 46.5 Å². The highest BCUT2D eigenvalue weighted by Gasteiger charge is 2.27. The number of imidazole rings is 1. The lowest BCUT2D eigenvalue weighted by molar-refractivity contribution is -0.124. The lowest BCUT2D eigenvalue weighted by atomic mass is 10.00. The predicted molar refractivity (Wildman–Crippen MR) is 182 cm³/mol. The van der Waals surface area contributed by atoms with E-state index in [4.69, 9.17) is 4.98 Å². The molecule has 4 aromatic rings. The largest absolute Gasteiger partial charge is 0.371 e. The second-order valence-corrected chi connectivity index (χ2v) is 13.5. The Kier molecular flexibility index (Phi) is 10.7. The van der Waals surface area contributed by atoms with E-state index in [0.29, 0.717) is 23.9 Å². The number of hydrogen-bond donors (Lipinski definition) is 2. The highest BCUT2D eigenvalue weighted by Crippen LogP contribution is 2.29. The monoisotopic (exact) mass is 613 g/mol. The van der Waals surface area contributed by atoms with Crippen LogP contribution in [0.2, 0.25) is 0 Å². The first-order valence-corrected chi connectivity index (χ1v) is 17.2. The number of thiophene rings is 1. The maximum atomic E-state index is 13.6. The fourth-order valence-electron chi connectivity index (χ4n) is 6.28. The average Bonchev–Trinajstić information content (AvgIpc) is 3.68. The molecule has 1 fully saturated rings. The van der Waals surface area contributed by atoms with Crippen molar-refractivity contribution < 1.29 is 9.59 Å². The third-order valence-electron chi connectivity index (χ3n) is 8.86. The van der Waals surface area contributed by atoms with Crippen molar-refractivity contribution in [2.75, 3.05) is 18.0 Å². The van der Waals surface area contributed by atoms with Gasteiger partial charge in [0.05, 0.1) is 11.0 Å². The Morgan fingerprint density at radius 1 is 0.977 bits per heavy atom. The molecule has 2 amide bonds. The molecule has 0 radical (unpaired) electrons. The zero-order chi connectivity index (χ0) is 31.1. The first-order chi connectivity index (χ1) is 21.4. The Balaban J connectivity index is 1.29. The minimum atomic E-state index is -0.579. The SMILES string of the molecule is CCC(CC)n1c(Cc2cccs2)nc2cc(C(=O)NC(CCC(C)C)C(=O)NC3CCN(c4ccccc4)CC3)ccc21. The second kappa shape index (κ2) is 14.9. The van der Waals surface area contributed by atoms with E-state index in [-0.39, 0.29) is 17.9 Å². The molecule has 1 saturated heterocycles. The van der Waals surface area contributed by atoms with Crippen molar-refractivity contribution in [2.24, 2.45) is 5.92 Å². The normalized spacial score (nSPS) is 14.8. The van der Waals surface area contributed by atoms with Gasteiger partial charge in [-0.15, -0.1) is 11.3 Å². The van der Waals surface area contributed by atoms with Crippen molar-refractivity contribution in [1.29, 1.82) is 0 Å². The van der Waals surface area contributed by atoms with E-state index in [1.807, 2.05) is 24.3 Å². The molecule has 0 spiro atoms. The standard InChI is InChI=1S/C36H47N5O2S/c1-5-28(6-2)41-33-17-15-26(23-32(33)38-34(41)24-30-13-10-22-44-30)35(42)39-31(16-14-25(3)4)36(43)37-27-18-20-40(21-19-27)29-11-8-7-9-12-29/h7-13,15,17,22-23,25,27-28,31H,5-6,14,16,18-21,24H2,1-4H3,(H,37,43)(H,39,42). The fraction of sp³-hybridized carbons (Fsp3) is 0.472. The summed E-state index contributed by atoms with van der Waals surface area (Å²) in [6.45, 7) is 10.5. The molecule has 7 nitrogen and oxygen atoms in total. The molecule has 0 aliphatic carbocycles. The van der Waals surface area contributed by atoms with Crippen molar-refractivity contribution >= 4 is 39.9 Å². The summed E-state index contributed by atoms with van der Waals surface area (Å²) in [6, 6.07) is 20.3. The highest BCUT2D eigenvalue weighted by molar-refractivity contribution is 7.09. The van der Waals surface area contributed by atoms with Gasteiger partial charge in [-0.2, -0.15) is 0 Å². The van der Waals surface area contributed by atoms with Gasteiger partial charge >= 0.3 is 0 Å². The summed E-state index contributed by atoms with van der Waals surface area (Å²) in [4.78, 5) is 35.8. The number of nitrogens with one attached hydrogen (secondary N) is 2. The van der Waals surface area contributed by atoms with E-state index in [0.717, 1.165) is 68.5 Å². The lowest BCUT2D eigenvalue weighted by Crippen LogP contribution is -2.52. The van der Waals surface area contributed by atoms with Crippen LogP contribution in [0.4, 0.5) is 5.69 Å². The Morgan fingerprint density at radius 3 is 2.39 bits per heavy atom. The van der Waals surface area contributed by atoms with Gasteiger partial charge < -0.3 is 20.1 Å². The number of carbonyl (C=O) groups excluding carboxylic acids is 2. The van der Waals surface area contributed by atoms with Gasteiger partial charge in [0.2, 0.25) is 5.91 Å². The summed E-state index contributed by atoms with van der Waals surface area (Å²) in [5.74, 6) is 1.14. The molecule has 1 aliphatic heterocycles. The van der Waals surface area contributed by atoms with Crippen molar-refractivity contribution in [3.63, 3.8) is 0 Å². The van der Waals surface area contributed by atoms with Crippen LogP contribution in [0, 0.1) is 5.92 Å². The smallest absolute Gasteiger partial charge is 0.252 e. The molecule has 2 aromatic heterocycles. The van der Waals surface area contributed by atoms with Crippen LogP contribution < -0.4 is 15.5 Å². The summed E-state index contributed by atoms with van der Waals surface area (Å²) < 4.78 is 2.36. The number of fused-ring (bicyclic) bond motifs is 1. The summed E-state index contributed by atoms with van der Waals surface area (Å²) in [7, 11) is 0. The van der Waals surface area contributed by atoms with Crippen LogP contribution in [0.25, 0.3) is 11.0 Å². The summed E-state index contributed by atoms with van der Waals surface area (Å²) in [5, 5.41) is 8.45. The van der Waals surface area contributed by atoms with Crippen molar-refractivity contribution in [3.05, 3.63) is 82.3 Å². The van der Waals surface area contributed by atoms with E-state index >= 15 is 0 Å². The van der Waals surface area contributed by atoms with Gasteiger partial charge in [-0.1, -0.05) is 52.0 Å². The van der Waals surface area contributed by atoms with Crippen LogP contribution >= 0.6 is 11.3 Å². The summed E-state index contributed by atoms with van der Waals surface area (Å²) in [5.41, 5.74) is 3.63. The van der Waals surface area contributed by atoms with E-state index in [1.165, 1.54) is 10.6 Å². The van der Waals surface area contributed by atoms with Gasteiger partial charge in [0.25, 0.3) is 5.91 Å². The van der Waals surface area contributed by atoms with Gasteiger partial charge in [-0.05, 0) is 86.2 Å². The molecule has 44 heavy (non-hydrogen) atoms. The summed E-state index contributed by atoms with van der Waals surface area (Å²) in [6.07, 6.45) is 6.03. The zero-order valence-electron chi connectivity index (χ0n) is 26.6. The van der Waals surface area contributed by atoms with Gasteiger partial charge in [0, 0.05) is 47.7 Å². The first-order valence-electron chi connectivity index (χ1n) is 16.3. The van der Waals surface area contributed by atoms with Crippen LogP contribution in [-0.2, 0) is 11.2 Å². The average molecular weight is 614 g/mol. The van der Waals surface area contributed by atoms with Gasteiger partial charge in [-0.25, -0.2) is 4.98 Å².